The van der Waals surface area contributed by atoms with E-state index in [4.69, 9.17) is 0 Å². The summed E-state index contributed by atoms with van der Waals surface area (Å²) in [5, 5.41) is -2.19. The van der Waals surface area contributed by atoms with Crippen LogP contribution in [0.25, 0.3) is 0 Å². The van der Waals surface area contributed by atoms with Crippen molar-refractivity contribution in [2.24, 2.45) is 0 Å². The van der Waals surface area contributed by atoms with Crippen molar-refractivity contribution in [3.05, 3.63) is 58.2 Å². The third kappa shape index (κ3) is 3.67. The van der Waals surface area contributed by atoms with Crippen molar-refractivity contribution in [2.75, 3.05) is 12.3 Å². The molecule has 0 radical (unpaired) electrons. The van der Waals surface area contributed by atoms with Crippen LogP contribution in [0.15, 0.2) is 0 Å². The Balaban J connectivity index is 2.14. The van der Waals surface area contributed by atoms with E-state index in [1.54, 1.807) is 0 Å². The maximum absolute atomic E-state index is 13.5. The van der Waals surface area contributed by atoms with Crippen LogP contribution in [0.1, 0.15) is 0 Å². The summed E-state index contributed by atoms with van der Waals surface area (Å²) in [7, 11) is -1.93. The lowest BCUT2D eigenvalue weighted by atomic mass is 10.3. The van der Waals surface area contributed by atoms with Crippen LogP contribution < -0.4 is 10.6 Å². The SMILES string of the molecule is Fc1c(F)c(F)c(PCCPc2c(F)c(F)c(F)c(F)c2F)c(F)c1F. The Morgan fingerprint density at radius 1 is 0.346 bits per heavy atom. The van der Waals surface area contributed by atoms with Gasteiger partial charge in [-0.05, 0) is 12.3 Å². The van der Waals surface area contributed by atoms with Gasteiger partial charge in [-0.3, -0.25) is 0 Å². The van der Waals surface area contributed by atoms with Gasteiger partial charge in [-0.2, -0.15) is 0 Å². The van der Waals surface area contributed by atoms with Gasteiger partial charge in [-0.1, -0.05) is 17.2 Å². The summed E-state index contributed by atoms with van der Waals surface area (Å²) in [6.45, 7) is 0. The molecule has 2 aromatic rings. The van der Waals surface area contributed by atoms with Crippen molar-refractivity contribution in [3.8, 4) is 0 Å². The van der Waals surface area contributed by atoms with Gasteiger partial charge in [0.1, 0.15) is 0 Å². The lowest BCUT2D eigenvalue weighted by molar-refractivity contribution is 0.384. The summed E-state index contributed by atoms with van der Waals surface area (Å²) in [6, 6.07) is 0. The number of halogens is 10. The first-order chi connectivity index (χ1) is 12.1. The number of hydrogen-bond donors (Lipinski definition) is 0. The molecular weight excluding hydrogens is 420 g/mol. The number of hydrogen-bond acceptors (Lipinski definition) is 0. The molecule has 0 amide bonds. The molecule has 0 saturated heterocycles. The van der Waals surface area contributed by atoms with Crippen molar-refractivity contribution < 1.29 is 43.9 Å². The molecule has 2 atom stereocenters. The minimum absolute atomic E-state index is 0.295. The molecule has 0 fully saturated rings. The van der Waals surface area contributed by atoms with Crippen LogP contribution in [0.2, 0.25) is 0 Å². The fourth-order valence-corrected chi connectivity index (χ4v) is 4.46. The second-order valence-corrected chi connectivity index (χ2v) is 7.45. The highest BCUT2D eigenvalue weighted by molar-refractivity contribution is 7.51. The zero-order valence-electron chi connectivity index (χ0n) is 12.2. The summed E-state index contributed by atoms with van der Waals surface area (Å²) in [4.78, 5) is 0. The third-order valence-corrected chi connectivity index (χ3v) is 6.23. The van der Waals surface area contributed by atoms with E-state index in [0.717, 1.165) is 0 Å². The Morgan fingerprint density at radius 3 is 0.769 bits per heavy atom. The van der Waals surface area contributed by atoms with Crippen molar-refractivity contribution >= 4 is 27.8 Å². The van der Waals surface area contributed by atoms with Gasteiger partial charge in [0.15, 0.2) is 46.5 Å². The number of benzene rings is 2. The normalized spacial score (nSPS) is 12.2. The Bertz CT molecular complexity index is 738. The largest absolute Gasteiger partial charge is 0.203 e. The molecule has 0 aliphatic rings. The van der Waals surface area contributed by atoms with Gasteiger partial charge in [-0.15, -0.1) is 0 Å². The molecule has 2 rings (SSSR count). The van der Waals surface area contributed by atoms with Gasteiger partial charge in [0.25, 0.3) is 0 Å². The standard InChI is InChI=1S/C14H6F10P2/c15-3-5(17)9(21)13(10(22)6(3)18)25-1-2-26-14-11(23)7(19)4(16)8(20)12(14)24/h25-26H,1-2H2. The highest BCUT2D eigenvalue weighted by Crippen LogP contribution is 2.27. The molecule has 2 unspecified atom stereocenters. The van der Waals surface area contributed by atoms with Gasteiger partial charge in [-0.25, -0.2) is 43.9 Å². The molecule has 0 N–H and O–H groups in total. The van der Waals surface area contributed by atoms with Crippen LogP contribution in [-0.4, -0.2) is 12.3 Å². The Labute approximate surface area is 143 Å². The van der Waals surface area contributed by atoms with E-state index in [1.165, 1.54) is 0 Å². The fraction of sp³-hybridized carbons (Fsp3) is 0.143. The molecule has 0 nitrogen and oxygen atoms in total. The molecule has 0 aliphatic heterocycles. The van der Waals surface area contributed by atoms with Crippen molar-refractivity contribution in [2.45, 2.75) is 0 Å². The van der Waals surface area contributed by atoms with E-state index in [1.807, 2.05) is 0 Å². The Kier molecular flexibility index (Phi) is 6.51. The molecule has 0 bridgehead atoms. The number of rotatable bonds is 5. The molecule has 26 heavy (non-hydrogen) atoms. The first-order valence-corrected chi connectivity index (χ1v) is 9.01. The zero-order valence-corrected chi connectivity index (χ0v) is 14.2. The lowest BCUT2D eigenvalue weighted by Crippen LogP contribution is -2.18. The van der Waals surface area contributed by atoms with Gasteiger partial charge in [0, 0.05) is 0 Å². The minimum Gasteiger partial charge on any atom is -0.203 e. The average Bonchev–Trinajstić information content (AvgIpc) is 2.63. The second kappa shape index (κ2) is 8.09. The van der Waals surface area contributed by atoms with E-state index in [-0.39, 0.29) is 12.3 Å². The predicted molar refractivity (Wildman–Crippen MR) is 78.1 cm³/mol. The zero-order chi connectivity index (χ0) is 19.8. The molecule has 0 aliphatic carbocycles. The third-order valence-electron chi connectivity index (χ3n) is 3.15. The van der Waals surface area contributed by atoms with Crippen LogP contribution in [0.5, 0.6) is 0 Å². The quantitative estimate of drug-likeness (QED) is 0.219. The van der Waals surface area contributed by atoms with Gasteiger partial charge in [0.05, 0.1) is 10.6 Å². The minimum atomic E-state index is -2.32. The maximum atomic E-state index is 13.5. The summed E-state index contributed by atoms with van der Waals surface area (Å²) < 4.78 is 132. The van der Waals surface area contributed by atoms with Crippen molar-refractivity contribution in [1.82, 2.24) is 0 Å². The molecule has 0 saturated carbocycles. The predicted octanol–water partition coefficient (Wildman–Crippen LogP) is 4.39. The average molecular weight is 426 g/mol. The van der Waals surface area contributed by atoms with Crippen LogP contribution in [-0.2, 0) is 0 Å². The second-order valence-electron chi connectivity index (χ2n) is 4.74. The first-order valence-electron chi connectivity index (χ1n) is 6.60. The highest BCUT2D eigenvalue weighted by Gasteiger charge is 2.27. The van der Waals surface area contributed by atoms with Crippen LogP contribution in [0.4, 0.5) is 43.9 Å². The smallest absolute Gasteiger partial charge is 0.200 e. The first kappa shape index (κ1) is 20.9. The summed E-state index contributed by atoms with van der Waals surface area (Å²) in [5.74, 6) is -21.3. The molecule has 2 aromatic carbocycles. The highest BCUT2D eigenvalue weighted by atomic mass is 31.1. The monoisotopic (exact) mass is 426 g/mol. The van der Waals surface area contributed by atoms with Crippen LogP contribution >= 0.6 is 17.2 Å². The summed E-state index contributed by atoms with van der Waals surface area (Å²) in [5.41, 5.74) is 0. The molecule has 0 spiro atoms. The van der Waals surface area contributed by atoms with Crippen molar-refractivity contribution in [3.63, 3.8) is 0 Å². The van der Waals surface area contributed by atoms with E-state index in [0.29, 0.717) is 0 Å². The fourth-order valence-electron chi connectivity index (χ4n) is 1.90. The summed E-state index contributed by atoms with van der Waals surface area (Å²) >= 11 is 0. The topological polar surface area (TPSA) is 0 Å². The summed E-state index contributed by atoms with van der Waals surface area (Å²) in [6.07, 6.45) is -0.591. The van der Waals surface area contributed by atoms with E-state index in [2.05, 4.69) is 0 Å². The van der Waals surface area contributed by atoms with Gasteiger partial charge in [0.2, 0.25) is 11.6 Å². The van der Waals surface area contributed by atoms with E-state index < -0.39 is 85.9 Å². The van der Waals surface area contributed by atoms with Crippen LogP contribution in [0.3, 0.4) is 0 Å². The lowest BCUT2D eigenvalue weighted by Gasteiger charge is -2.10. The molecule has 0 heterocycles. The Morgan fingerprint density at radius 2 is 0.538 bits per heavy atom. The molecule has 142 valence electrons. The van der Waals surface area contributed by atoms with Crippen molar-refractivity contribution in [1.29, 1.82) is 0 Å². The van der Waals surface area contributed by atoms with E-state index in [9.17, 15) is 43.9 Å². The van der Waals surface area contributed by atoms with E-state index >= 15 is 0 Å². The van der Waals surface area contributed by atoms with Gasteiger partial charge >= 0.3 is 0 Å². The van der Waals surface area contributed by atoms with Gasteiger partial charge < -0.3 is 0 Å². The van der Waals surface area contributed by atoms with Crippen LogP contribution in [0, 0.1) is 58.2 Å². The molecular formula is C14H6F10P2. The molecule has 12 heteroatoms. The molecule has 0 aromatic heterocycles. The maximum Gasteiger partial charge on any atom is 0.200 e. The Hall–Kier alpha value is -1.40.